The number of carbonyl (C=O) groups is 3. The molecule has 180 valence electrons. The van der Waals surface area contributed by atoms with E-state index in [1.165, 1.54) is 5.56 Å². The molecular weight excluding hydrogens is 434 g/mol. The molecule has 2 heterocycles. The van der Waals surface area contributed by atoms with E-state index >= 15 is 0 Å². The average Bonchev–Trinajstić information content (AvgIpc) is 3.07. The highest BCUT2D eigenvalue weighted by Crippen LogP contribution is 2.34. The number of nitrogens with one attached hydrogen (secondary N) is 1. The van der Waals surface area contributed by atoms with E-state index in [0.29, 0.717) is 36.6 Å². The first-order chi connectivity index (χ1) is 16.3. The number of amides is 4. The third-order valence-electron chi connectivity index (χ3n) is 6.71. The Labute approximate surface area is 199 Å². The number of fused-ring (bicyclic) bond motifs is 1. The molecular formula is C26H31N3O5. The van der Waals surface area contributed by atoms with Crippen molar-refractivity contribution in [2.45, 2.75) is 45.2 Å². The summed E-state index contributed by atoms with van der Waals surface area (Å²) in [6.07, 6.45) is 2.64. The van der Waals surface area contributed by atoms with Gasteiger partial charge < -0.3 is 19.7 Å². The predicted octanol–water partition coefficient (Wildman–Crippen LogP) is 3.01. The summed E-state index contributed by atoms with van der Waals surface area (Å²) in [6.45, 7) is 4.38. The molecule has 0 aliphatic carbocycles. The van der Waals surface area contributed by atoms with Crippen LogP contribution in [0.4, 0.5) is 4.79 Å². The minimum atomic E-state index is -1.19. The van der Waals surface area contributed by atoms with Crippen molar-refractivity contribution in [3.8, 4) is 11.5 Å². The highest BCUT2D eigenvalue weighted by Gasteiger charge is 2.49. The summed E-state index contributed by atoms with van der Waals surface area (Å²) in [7, 11) is 3.16. The minimum absolute atomic E-state index is 0.272. The topological polar surface area (TPSA) is 88.2 Å². The van der Waals surface area contributed by atoms with E-state index in [2.05, 4.69) is 12.2 Å². The first-order valence-electron chi connectivity index (χ1n) is 11.6. The largest absolute Gasteiger partial charge is 0.493 e. The maximum atomic E-state index is 13.3. The Morgan fingerprint density at radius 2 is 1.71 bits per heavy atom. The summed E-state index contributed by atoms with van der Waals surface area (Å²) >= 11 is 0. The van der Waals surface area contributed by atoms with E-state index in [0.717, 1.165) is 28.9 Å². The lowest BCUT2D eigenvalue weighted by Gasteiger charge is -2.30. The van der Waals surface area contributed by atoms with Crippen LogP contribution in [0.15, 0.2) is 36.4 Å². The van der Waals surface area contributed by atoms with Crippen LogP contribution in [-0.2, 0) is 34.5 Å². The lowest BCUT2D eigenvalue weighted by Crippen LogP contribution is -2.45. The lowest BCUT2D eigenvalue weighted by atomic mass is 9.91. The molecule has 0 spiro atoms. The molecule has 2 aromatic rings. The minimum Gasteiger partial charge on any atom is -0.493 e. The molecule has 2 aliphatic rings. The number of aryl methyl sites for hydroxylation is 1. The summed E-state index contributed by atoms with van der Waals surface area (Å²) in [5.74, 6) is 0.567. The van der Waals surface area contributed by atoms with Crippen LogP contribution in [0, 0.1) is 0 Å². The Morgan fingerprint density at radius 1 is 1.06 bits per heavy atom. The van der Waals surface area contributed by atoms with E-state index in [1.54, 1.807) is 26.0 Å². The number of urea groups is 1. The maximum absolute atomic E-state index is 13.3. The van der Waals surface area contributed by atoms with Gasteiger partial charge in [0, 0.05) is 13.1 Å². The first-order valence-corrected chi connectivity index (χ1v) is 11.6. The maximum Gasteiger partial charge on any atom is 0.325 e. The summed E-state index contributed by atoms with van der Waals surface area (Å²) in [6, 6.07) is 11.0. The number of ether oxygens (including phenoxy) is 2. The summed E-state index contributed by atoms with van der Waals surface area (Å²) in [5, 5.41) is 2.79. The smallest absolute Gasteiger partial charge is 0.325 e. The molecule has 34 heavy (non-hydrogen) atoms. The van der Waals surface area contributed by atoms with Crippen molar-refractivity contribution in [1.82, 2.24) is 15.1 Å². The molecule has 1 fully saturated rings. The van der Waals surface area contributed by atoms with Crippen molar-refractivity contribution in [3.63, 3.8) is 0 Å². The van der Waals surface area contributed by atoms with Gasteiger partial charge in [-0.3, -0.25) is 14.5 Å². The Bertz CT molecular complexity index is 1110. The first kappa shape index (κ1) is 23.6. The van der Waals surface area contributed by atoms with Crippen LogP contribution in [0.3, 0.4) is 0 Å². The predicted molar refractivity (Wildman–Crippen MR) is 127 cm³/mol. The number of methoxy groups -OCH3 is 2. The Hall–Kier alpha value is -3.55. The molecule has 2 aromatic carbocycles. The lowest BCUT2D eigenvalue weighted by molar-refractivity contribution is -0.139. The SMILES string of the molecule is CCCc1ccc([C@@]2(C)NC(=O)N(CC(=O)N3CCc4cc(OC)c(OC)cc4C3)C2=O)cc1. The zero-order valence-corrected chi connectivity index (χ0v) is 20.1. The van der Waals surface area contributed by atoms with E-state index in [-0.39, 0.29) is 12.5 Å². The number of rotatable bonds is 7. The van der Waals surface area contributed by atoms with Gasteiger partial charge in [-0.2, -0.15) is 0 Å². The van der Waals surface area contributed by atoms with Crippen molar-refractivity contribution >= 4 is 17.8 Å². The summed E-state index contributed by atoms with van der Waals surface area (Å²) in [5.41, 5.74) is 2.75. The van der Waals surface area contributed by atoms with Gasteiger partial charge in [-0.15, -0.1) is 0 Å². The molecule has 2 aliphatic heterocycles. The van der Waals surface area contributed by atoms with Gasteiger partial charge in [0.25, 0.3) is 5.91 Å². The zero-order valence-electron chi connectivity index (χ0n) is 20.1. The van der Waals surface area contributed by atoms with Gasteiger partial charge in [-0.1, -0.05) is 37.6 Å². The molecule has 1 saturated heterocycles. The second-order valence-electron chi connectivity index (χ2n) is 8.93. The van der Waals surface area contributed by atoms with Crippen LogP contribution >= 0.6 is 0 Å². The van der Waals surface area contributed by atoms with Crippen LogP contribution in [0.25, 0.3) is 0 Å². The van der Waals surface area contributed by atoms with Crippen LogP contribution in [0.5, 0.6) is 11.5 Å². The van der Waals surface area contributed by atoms with E-state index in [9.17, 15) is 14.4 Å². The van der Waals surface area contributed by atoms with Gasteiger partial charge in [-0.05, 0) is 54.2 Å². The molecule has 1 atom stereocenters. The van der Waals surface area contributed by atoms with Crippen molar-refractivity contribution in [2.24, 2.45) is 0 Å². The number of imide groups is 1. The van der Waals surface area contributed by atoms with Gasteiger partial charge in [0.2, 0.25) is 5.91 Å². The number of carbonyl (C=O) groups excluding carboxylic acids is 3. The van der Waals surface area contributed by atoms with Crippen LogP contribution in [-0.4, -0.2) is 55.0 Å². The van der Waals surface area contributed by atoms with E-state index < -0.39 is 17.5 Å². The van der Waals surface area contributed by atoms with Crippen LogP contribution in [0.2, 0.25) is 0 Å². The van der Waals surface area contributed by atoms with Crippen molar-refractivity contribution in [2.75, 3.05) is 27.3 Å². The molecule has 0 saturated carbocycles. The van der Waals surface area contributed by atoms with Crippen LogP contribution in [0.1, 0.15) is 42.5 Å². The molecule has 8 nitrogen and oxygen atoms in total. The summed E-state index contributed by atoms with van der Waals surface area (Å²) < 4.78 is 10.8. The van der Waals surface area contributed by atoms with Crippen molar-refractivity contribution < 1.29 is 23.9 Å². The molecule has 0 radical (unpaired) electrons. The number of hydrogen-bond donors (Lipinski definition) is 1. The molecule has 4 amide bonds. The number of benzene rings is 2. The highest BCUT2D eigenvalue weighted by atomic mass is 16.5. The van der Waals surface area contributed by atoms with Gasteiger partial charge in [0.15, 0.2) is 11.5 Å². The third-order valence-corrected chi connectivity index (χ3v) is 6.71. The molecule has 1 N–H and O–H groups in total. The molecule has 0 bridgehead atoms. The van der Waals surface area contributed by atoms with Gasteiger partial charge in [0.05, 0.1) is 14.2 Å². The average molecular weight is 466 g/mol. The molecule has 0 aromatic heterocycles. The fourth-order valence-corrected chi connectivity index (χ4v) is 4.66. The highest BCUT2D eigenvalue weighted by molar-refractivity contribution is 6.09. The Morgan fingerprint density at radius 3 is 2.32 bits per heavy atom. The fourth-order valence-electron chi connectivity index (χ4n) is 4.66. The van der Waals surface area contributed by atoms with Gasteiger partial charge in [0.1, 0.15) is 12.1 Å². The quantitative estimate of drug-likeness (QED) is 0.635. The zero-order chi connectivity index (χ0) is 24.5. The fraction of sp³-hybridized carbons (Fsp3) is 0.423. The molecule has 0 unspecified atom stereocenters. The Kier molecular flexibility index (Phi) is 6.50. The second kappa shape index (κ2) is 9.37. The van der Waals surface area contributed by atoms with Crippen LogP contribution < -0.4 is 14.8 Å². The number of hydrogen-bond acceptors (Lipinski definition) is 5. The monoisotopic (exact) mass is 465 g/mol. The summed E-state index contributed by atoms with van der Waals surface area (Å²) in [4.78, 5) is 41.8. The second-order valence-corrected chi connectivity index (χ2v) is 8.93. The normalized spacial score (nSPS) is 19.6. The van der Waals surface area contributed by atoms with Gasteiger partial charge >= 0.3 is 6.03 Å². The molecule has 4 rings (SSSR count). The van der Waals surface area contributed by atoms with Crippen molar-refractivity contribution in [3.05, 3.63) is 58.7 Å². The molecule has 8 heteroatoms. The van der Waals surface area contributed by atoms with Crippen molar-refractivity contribution in [1.29, 1.82) is 0 Å². The van der Waals surface area contributed by atoms with Gasteiger partial charge in [-0.25, -0.2) is 4.79 Å². The van der Waals surface area contributed by atoms with E-state index in [1.807, 2.05) is 36.4 Å². The third kappa shape index (κ3) is 4.20. The Balaban J connectivity index is 1.47. The standard InChI is InChI=1S/C26H31N3O5/c1-5-6-17-7-9-20(10-8-17)26(2)24(31)29(25(32)27-26)16-23(30)28-12-11-18-13-21(33-3)22(34-4)14-19(18)15-28/h7-10,13-14H,5-6,11-12,15-16H2,1-4H3,(H,27,32)/t26-/m1/s1. The van der Waals surface area contributed by atoms with E-state index in [4.69, 9.17) is 9.47 Å². The number of nitrogens with zero attached hydrogens (tertiary/aromatic N) is 2.